The van der Waals surface area contributed by atoms with Gasteiger partial charge in [0.2, 0.25) is 5.95 Å². The lowest BCUT2D eigenvalue weighted by molar-refractivity contribution is -0.383. The van der Waals surface area contributed by atoms with Crippen LogP contribution in [0, 0.1) is 10.1 Å². The summed E-state index contributed by atoms with van der Waals surface area (Å²) in [6, 6.07) is 9.04. The van der Waals surface area contributed by atoms with Crippen molar-refractivity contribution in [2.24, 2.45) is 0 Å². The van der Waals surface area contributed by atoms with Gasteiger partial charge >= 0.3 is 6.18 Å². The van der Waals surface area contributed by atoms with Gasteiger partial charge in [-0.1, -0.05) is 25.1 Å². The van der Waals surface area contributed by atoms with E-state index in [4.69, 9.17) is 11.5 Å². The first-order valence-corrected chi connectivity index (χ1v) is 9.20. The molecule has 0 radical (unpaired) electrons. The SMILES string of the molecule is CCc1nc(N)nc(N)c1-c1ccc(NCc2ccc(C(F)(F)F)cc2)c([N+](=O)[O-])c1. The van der Waals surface area contributed by atoms with Gasteiger partial charge in [-0.3, -0.25) is 10.1 Å². The van der Waals surface area contributed by atoms with E-state index in [1.807, 2.05) is 6.92 Å². The molecule has 0 atom stereocenters. The first-order valence-electron chi connectivity index (χ1n) is 9.20. The summed E-state index contributed by atoms with van der Waals surface area (Å²) in [7, 11) is 0. The van der Waals surface area contributed by atoms with Crippen molar-refractivity contribution in [3.05, 3.63) is 69.4 Å². The van der Waals surface area contributed by atoms with E-state index in [0.717, 1.165) is 12.1 Å². The molecule has 3 aromatic rings. The molecule has 0 aliphatic rings. The molecule has 5 N–H and O–H groups in total. The molecule has 0 unspecified atom stereocenters. The molecule has 3 rings (SSSR count). The van der Waals surface area contributed by atoms with Gasteiger partial charge in [0.15, 0.2) is 0 Å². The van der Waals surface area contributed by atoms with Crippen LogP contribution in [0.2, 0.25) is 0 Å². The molecular formula is C20H19F3N6O2. The summed E-state index contributed by atoms with van der Waals surface area (Å²) in [4.78, 5) is 19.1. The summed E-state index contributed by atoms with van der Waals surface area (Å²) in [6.07, 6.45) is -3.93. The van der Waals surface area contributed by atoms with E-state index in [9.17, 15) is 23.3 Å². The van der Waals surface area contributed by atoms with Crippen molar-refractivity contribution in [2.45, 2.75) is 26.1 Å². The van der Waals surface area contributed by atoms with Crippen molar-refractivity contribution < 1.29 is 18.1 Å². The van der Waals surface area contributed by atoms with E-state index in [1.165, 1.54) is 24.3 Å². The highest BCUT2D eigenvalue weighted by atomic mass is 19.4. The van der Waals surface area contributed by atoms with Crippen molar-refractivity contribution >= 4 is 23.1 Å². The summed E-state index contributed by atoms with van der Waals surface area (Å²) >= 11 is 0. The first kappa shape index (κ1) is 21.8. The Kier molecular flexibility index (Phi) is 5.95. The van der Waals surface area contributed by atoms with Gasteiger partial charge in [-0.05, 0) is 35.7 Å². The van der Waals surface area contributed by atoms with Crippen LogP contribution in [-0.2, 0) is 19.1 Å². The lowest BCUT2D eigenvalue weighted by atomic mass is 10.0. The average molecular weight is 432 g/mol. The third-order valence-corrected chi connectivity index (χ3v) is 4.61. The second-order valence-electron chi connectivity index (χ2n) is 6.68. The predicted octanol–water partition coefficient (Wildman–Crippen LogP) is 4.41. The molecule has 0 saturated heterocycles. The number of anilines is 3. The number of aryl methyl sites for hydroxylation is 1. The summed E-state index contributed by atoms with van der Waals surface area (Å²) in [5.74, 6) is 0.131. The number of nitrogens with zero attached hydrogens (tertiary/aromatic N) is 3. The van der Waals surface area contributed by atoms with E-state index in [0.29, 0.717) is 28.8 Å². The highest BCUT2D eigenvalue weighted by molar-refractivity contribution is 5.81. The molecule has 0 amide bonds. The smallest absolute Gasteiger partial charge is 0.383 e. The lowest BCUT2D eigenvalue weighted by Gasteiger charge is -2.13. The summed E-state index contributed by atoms with van der Waals surface area (Å²) < 4.78 is 38.0. The number of nitro benzene ring substituents is 1. The molecule has 0 fully saturated rings. The number of hydrogen-bond acceptors (Lipinski definition) is 7. The molecule has 31 heavy (non-hydrogen) atoms. The maximum Gasteiger partial charge on any atom is 0.416 e. The van der Waals surface area contributed by atoms with Gasteiger partial charge in [0, 0.05) is 18.2 Å². The Hall–Kier alpha value is -3.89. The maximum atomic E-state index is 12.7. The third kappa shape index (κ3) is 4.82. The van der Waals surface area contributed by atoms with Gasteiger partial charge in [0.25, 0.3) is 5.69 Å². The van der Waals surface area contributed by atoms with Crippen LogP contribution in [0.25, 0.3) is 11.1 Å². The van der Waals surface area contributed by atoms with Crippen molar-refractivity contribution in [1.29, 1.82) is 0 Å². The van der Waals surface area contributed by atoms with Crippen molar-refractivity contribution in [1.82, 2.24) is 9.97 Å². The first-order chi connectivity index (χ1) is 14.6. The molecule has 1 heterocycles. The van der Waals surface area contributed by atoms with E-state index in [-0.39, 0.29) is 29.7 Å². The van der Waals surface area contributed by atoms with Crippen LogP contribution in [0.1, 0.15) is 23.7 Å². The molecule has 0 bridgehead atoms. The van der Waals surface area contributed by atoms with Gasteiger partial charge in [0.1, 0.15) is 11.5 Å². The molecule has 0 saturated carbocycles. The van der Waals surface area contributed by atoms with Gasteiger partial charge in [-0.25, -0.2) is 4.98 Å². The fourth-order valence-corrected chi connectivity index (χ4v) is 3.11. The Labute approximate surface area is 175 Å². The third-order valence-electron chi connectivity index (χ3n) is 4.61. The minimum absolute atomic E-state index is 0.0161. The second-order valence-corrected chi connectivity index (χ2v) is 6.68. The minimum Gasteiger partial charge on any atom is -0.383 e. The van der Waals surface area contributed by atoms with Crippen LogP contribution in [-0.4, -0.2) is 14.9 Å². The van der Waals surface area contributed by atoms with Crippen LogP contribution in [0.3, 0.4) is 0 Å². The molecule has 8 nitrogen and oxygen atoms in total. The molecular weight excluding hydrogens is 413 g/mol. The zero-order chi connectivity index (χ0) is 22.8. The van der Waals surface area contributed by atoms with Gasteiger partial charge in [-0.15, -0.1) is 0 Å². The topological polar surface area (TPSA) is 133 Å². The van der Waals surface area contributed by atoms with Crippen LogP contribution >= 0.6 is 0 Å². The summed E-state index contributed by atoms with van der Waals surface area (Å²) in [5, 5.41) is 14.5. The lowest BCUT2D eigenvalue weighted by Crippen LogP contribution is -2.07. The molecule has 0 spiro atoms. The fraction of sp³-hybridized carbons (Fsp3) is 0.200. The van der Waals surface area contributed by atoms with Crippen LogP contribution in [0.5, 0.6) is 0 Å². The standard InChI is InChI=1S/C20H19F3N6O2/c1-2-14-17(18(24)28-19(25)27-14)12-5-8-15(16(9-12)29(30)31)26-10-11-3-6-13(7-4-11)20(21,22)23/h3-9,26H,2,10H2,1H3,(H4,24,25,27,28). The molecule has 11 heteroatoms. The number of nitrogen functional groups attached to an aromatic ring is 2. The molecule has 0 aliphatic carbocycles. The quantitative estimate of drug-likeness (QED) is 0.388. The second kappa shape index (κ2) is 8.46. The number of nitro groups is 1. The van der Waals surface area contributed by atoms with E-state index >= 15 is 0 Å². The van der Waals surface area contributed by atoms with Crippen LogP contribution in [0.15, 0.2) is 42.5 Å². The number of rotatable bonds is 6. The molecule has 0 aliphatic heterocycles. The predicted molar refractivity (Wildman–Crippen MR) is 111 cm³/mol. The van der Waals surface area contributed by atoms with Gasteiger partial charge < -0.3 is 16.8 Å². The number of aromatic nitrogens is 2. The number of benzene rings is 2. The van der Waals surface area contributed by atoms with Crippen molar-refractivity contribution in [3.8, 4) is 11.1 Å². The number of nitrogens with two attached hydrogens (primary N) is 2. The Morgan fingerprint density at radius 1 is 1.10 bits per heavy atom. The number of nitrogens with one attached hydrogen (secondary N) is 1. The summed E-state index contributed by atoms with van der Waals surface area (Å²) in [6.45, 7) is 1.95. The average Bonchev–Trinajstić information content (AvgIpc) is 2.71. The Balaban J connectivity index is 1.89. The zero-order valence-corrected chi connectivity index (χ0v) is 16.4. The molecule has 1 aromatic heterocycles. The van der Waals surface area contributed by atoms with Crippen LogP contribution in [0.4, 0.5) is 36.3 Å². The van der Waals surface area contributed by atoms with E-state index in [1.54, 1.807) is 6.07 Å². The Morgan fingerprint density at radius 3 is 2.35 bits per heavy atom. The number of alkyl halides is 3. The highest BCUT2D eigenvalue weighted by Crippen LogP contribution is 2.35. The Bertz CT molecular complexity index is 1120. The largest absolute Gasteiger partial charge is 0.416 e. The summed E-state index contributed by atoms with van der Waals surface area (Å²) in [5.41, 5.74) is 12.9. The number of halogens is 3. The van der Waals surface area contributed by atoms with Crippen molar-refractivity contribution in [3.63, 3.8) is 0 Å². The normalized spacial score (nSPS) is 11.4. The monoisotopic (exact) mass is 432 g/mol. The van der Waals surface area contributed by atoms with Crippen molar-refractivity contribution in [2.75, 3.05) is 16.8 Å². The van der Waals surface area contributed by atoms with Gasteiger partial charge in [-0.2, -0.15) is 18.2 Å². The Morgan fingerprint density at radius 2 is 1.77 bits per heavy atom. The maximum absolute atomic E-state index is 12.7. The highest BCUT2D eigenvalue weighted by Gasteiger charge is 2.30. The van der Waals surface area contributed by atoms with E-state index in [2.05, 4.69) is 15.3 Å². The molecule has 162 valence electrons. The minimum atomic E-state index is -4.43. The molecule has 2 aromatic carbocycles. The fourth-order valence-electron chi connectivity index (χ4n) is 3.11. The van der Waals surface area contributed by atoms with Crippen LogP contribution < -0.4 is 16.8 Å². The van der Waals surface area contributed by atoms with Gasteiger partial charge in [0.05, 0.1) is 16.2 Å². The number of hydrogen-bond donors (Lipinski definition) is 3. The van der Waals surface area contributed by atoms with E-state index < -0.39 is 16.7 Å². The zero-order valence-electron chi connectivity index (χ0n) is 16.4.